The summed E-state index contributed by atoms with van der Waals surface area (Å²) in [4.78, 5) is 0. The van der Waals surface area contributed by atoms with Crippen molar-refractivity contribution in [1.29, 1.82) is 0 Å². The van der Waals surface area contributed by atoms with Gasteiger partial charge < -0.3 is 0 Å². The van der Waals surface area contributed by atoms with Gasteiger partial charge in [-0.25, -0.2) is 0 Å². The van der Waals surface area contributed by atoms with Crippen LogP contribution in [-0.4, -0.2) is 6.88 Å². The summed E-state index contributed by atoms with van der Waals surface area (Å²) >= 11 is -3.54. The first-order valence-corrected chi connectivity index (χ1v) is 26.9. The molecule has 4 heteroatoms. The molecule has 0 amide bonds. The van der Waals surface area contributed by atoms with E-state index in [-0.39, 0.29) is 35.6 Å². The maximum absolute atomic E-state index is 3.54. The van der Waals surface area contributed by atoms with Crippen LogP contribution in [0.1, 0.15) is 89.1 Å². The van der Waals surface area contributed by atoms with Crippen LogP contribution in [0.4, 0.5) is 0 Å². The van der Waals surface area contributed by atoms with E-state index in [2.05, 4.69) is 131 Å². The molecule has 198 valence electrons. The number of fused-ring (bicyclic) bond motifs is 4. The number of rotatable bonds is 2. The summed E-state index contributed by atoms with van der Waals surface area (Å²) in [7, 11) is 0. The summed E-state index contributed by atoms with van der Waals surface area (Å²) in [5, 5.41) is 0. The molecule has 0 radical (unpaired) electrons. The first-order chi connectivity index (χ1) is 16.1. The van der Waals surface area contributed by atoms with Crippen LogP contribution < -0.4 is 0 Å². The third-order valence-electron chi connectivity index (χ3n) is 8.79. The molecule has 0 fully saturated rings. The van der Waals surface area contributed by atoms with E-state index in [0.717, 1.165) is 0 Å². The molecule has 0 nitrogen and oxygen atoms in total. The molecule has 0 bridgehead atoms. The monoisotopic (exact) mass is 628 g/mol. The van der Waals surface area contributed by atoms with Crippen LogP contribution in [0.25, 0.3) is 17.2 Å². The summed E-state index contributed by atoms with van der Waals surface area (Å²) in [6.45, 7) is 18.9. The minimum Gasteiger partial charge on any atom is -0.147 e. The fourth-order valence-corrected chi connectivity index (χ4v) is 27.0. The van der Waals surface area contributed by atoms with Gasteiger partial charge in [-0.15, -0.1) is 24.8 Å². The number of allylic oxidation sites excluding steroid dienone is 1. The Balaban J connectivity index is 0.00000190. The van der Waals surface area contributed by atoms with Crippen LogP contribution >= 0.6 is 24.8 Å². The van der Waals surface area contributed by atoms with Crippen LogP contribution in [0.15, 0.2) is 66.2 Å². The molecule has 1 atom stereocenters. The number of benzene rings is 3. The molecule has 0 heterocycles. The fourth-order valence-electron chi connectivity index (χ4n) is 7.12. The Bertz CT molecular complexity index is 1400. The van der Waals surface area contributed by atoms with Gasteiger partial charge in [0, 0.05) is 0 Å². The molecule has 3 aromatic rings. The van der Waals surface area contributed by atoms with Gasteiger partial charge in [-0.2, -0.15) is 0 Å². The Morgan fingerprint density at radius 3 is 1.57 bits per heavy atom. The second-order valence-electron chi connectivity index (χ2n) is 14.4. The van der Waals surface area contributed by atoms with E-state index in [4.69, 9.17) is 0 Å². The predicted molar refractivity (Wildman–Crippen MR) is 169 cm³/mol. The maximum Gasteiger partial charge on any atom is -0.147 e. The Morgan fingerprint density at radius 1 is 0.649 bits per heavy atom. The van der Waals surface area contributed by atoms with E-state index in [1.807, 2.05) is 0 Å². The summed E-state index contributed by atoms with van der Waals surface area (Å²) in [6, 6.07) is 24.0. The van der Waals surface area contributed by atoms with Crippen molar-refractivity contribution in [1.82, 2.24) is 0 Å². The Morgan fingerprint density at radius 2 is 1.11 bits per heavy atom. The van der Waals surface area contributed by atoms with Crippen molar-refractivity contribution in [3.05, 3.63) is 99.6 Å². The first-order valence-electron chi connectivity index (χ1n) is 13.2. The second-order valence-corrected chi connectivity index (χ2v) is 44.9. The molecule has 5 rings (SSSR count). The third kappa shape index (κ3) is 4.95. The molecule has 0 aromatic heterocycles. The molecule has 3 aromatic carbocycles. The summed E-state index contributed by atoms with van der Waals surface area (Å²) in [6.07, 6.45) is 2.47. The van der Waals surface area contributed by atoms with Gasteiger partial charge in [0.1, 0.15) is 0 Å². The van der Waals surface area contributed by atoms with Gasteiger partial charge in [0.25, 0.3) is 0 Å². The minimum absolute atomic E-state index is 0. The van der Waals surface area contributed by atoms with Crippen molar-refractivity contribution in [3.63, 3.8) is 0 Å². The molecule has 0 spiro atoms. The van der Waals surface area contributed by atoms with Crippen molar-refractivity contribution in [2.24, 2.45) is 0 Å². The van der Waals surface area contributed by atoms with Crippen LogP contribution in [0.2, 0.25) is 9.26 Å². The second kappa shape index (κ2) is 9.62. The van der Waals surface area contributed by atoms with Gasteiger partial charge >= 0.3 is 217 Å². The predicted octanol–water partition coefficient (Wildman–Crippen LogP) is 9.69. The van der Waals surface area contributed by atoms with E-state index in [9.17, 15) is 0 Å². The van der Waals surface area contributed by atoms with E-state index in [1.54, 1.807) is 22.3 Å². The Labute approximate surface area is 240 Å². The molecule has 0 saturated carbocycles. The molecule has 0 aliphatic heterocycles. The summed E-state index contributed by atoms with van der Waals surface area (Å²) in [5.41, 5.74) is 13.9. The van der Waals surface area contributed by atoms with Crippen molar-refractivity contribution in [2.45, 2.75) is 75.8 Å². The molecule has 37 heavy (non-hydrogen) atoms. The van der Waals surface area contributed by atoms with Gasteiger partial charge in [-0.05, 0) is 0 Å². The van der Waals surface area contributed by atoms with Crippen molar-refractivity contribution in [2.75, 3.05) is 0 Å². The third-order valence-corrected chi connectivity index (χ3v) is 26.4. The standard InChI is InChI=1S/C21H25.C10H9.2CH3.2ClH.H2Si.Zr/c1-20(2,3)16-7-9-18-14(12-16)11-15-13-17(21(4,5)6)8-10-19(15)18;1-8-6-9-4-2-3-5-10(9)7-8;;;;;;/h7-13H,1-6H3;2-7H,1H3;2*1H3;2*1H;1H2;. The largest absolute Gasteiger partial charge is 0.147 e. The Hall–Kier alpha value is -0.920. The normalized spacial score (nSPS) is 17.2. The first kappa shape index (κ1) is 30.6. The molecule has 1 unspecified atom stereocenters. The summed E-state index contributed by atoms with van der Waals surface area (Å²) < 4.78 is 6.59. The zero-order valence-corrected chi connectivity index (χ0v) is 29.5. The van der Waals surface area contributed by atoms with Gasteiger partial charge in [0.15, 0.2) is 0 Å². The smallest absolute Gasteiger partial charge is 0.147 e. The van der Waals surface area contributed by atoms with Gasteiger partial charge in [-0.1, -0.05) is 0 Å². The number of hydrogen-bond donors (Lipinski definition) is 0. The van der Waals surface area contributed by atoms with E-state index in [1.165, 1.54) is 27.8 Å². The summed E-state index contributed by atoms with van der Waals surface area (Å²) in [5.74, 6) is 0. The zero-order valence-electron chi connectivity index (χ0n) is 24.0. The SMILES string of the molecule is CC1=Cc2ccccc2[CH]1[Zr]([CH3])([CH3])(=[SiH2])[CH]1c2cc(C(C)(C)C)ccc2-c2ccc(C(C)(C)C)cc21.Cl.Cl. The van der Waals surface area contributed by atoms with Gasteiger partial charge in [0.2, 0.25) is 0 Å². The van der Waals surface area contributed by atoms with Gasteiger partial charge in [0.05, 0.1) is 0 Å². The van der Waals surface area contributed by atoms with Crippen LogP contribution in [0.5, 0.6) is 0 Å². The molecular weight excluding hydrogens is 587 g/mol. The van der Waals surface area contributed by atoms with Crippen molar-refractivity contribution in [3.8, 4) is 11.1 Å². The fraction of sp³-hybridized carbons (Fsp3) is 0.394. The van der Waals surface area contributed by atoms with Crippen LogP contribution in [0, 0.1) is 0 Å². The molecule has 2 aliphatic rings. The van der Waals surface area contributed by atoms with Crippen LogP contribution in [0.3, 0.4) is 0 Å². The van der Waals surface area contributed by atoms with Crippen molar-refractivity contribution < 1.29 is 17.4 Å². The molecule has 2 aliphatic carbocycles. The van der Waals surface area contributed by atoms with E-state index >= 15 is 0 Å². The van der Waals surface area contributed by atoms with Gasteiger partial charge in [-0.3, -0.25) is 0 Å². The van der Waals surface area contributed by atoms with E-state index in [0.29, 0.717) is 7.25 Å². The molecular formula is C33H44Cl2SiZr. The zero-order chi connectivity index (χ0) is 25.6. The Kier molecular flexibility index (Phi) is 7.96. The number of halogens is 2. The molecule has 0 N–H and O–H groups in total. The molecule has 0 saturated heterocycles. The average Bonchev–Trinajstić information content (AvgIpc) is 3.26. The topological polar surface area (TPSA) is 0 Å². The van der Waals surface area contributed by atoms with Crippen LogP contribution in [-0.2, 0) is 28.2 Å². The maximum atomic E-state index is 2.75. The quantitative estimate of drug-likeness (QED) is 0.247. The average molecular weight is 631 g/mol. The van der Waals surface area contributed by atoms with E-state index < -0.39 is 17.4 Å². The number of hydrogen-bond acceptors (Lipinski definition) is 0. The minimum atomic E-state index is -3.54. The van der Waals surface area contributed by atoms with Crippen molar-refractivity contribution >= 4 is 37.8 Å².